The Bertz CT molecular complexity index is 1550. The Hall–Kier alpha value is -3.41. The van der Waals surface area contributed by atoms with Gasteiger partial charge in [0, 0.05) is 60.7 Å². The lowest BCUT2D eigenvalue weighted by Gasteiger charge is -2.37. The van der Waals surface area contributed by atoms with Crippen LogP contribution in [0.1, 0.15) is 49.5 Å². The zero-order chi connectivity index (χ0) is 29.7. The Labute approximate surface area is 244 Å². The quantitative estimate of drug-likeness (QED) is 0.235. The van der Waals surface area contributed by atoms with Crippen molar-refractivity contribution < 1.29 is 23.1 Å². The van der Waals surface area contributed by atoms with E-state index in [1.165, 1.54) is 23.1 Å². The minimum absolute atomic E-state index is 0.0132. The van der Waals surface area contributed by atoms with E-state index in [1.807, 2.05) is 27.0 Å². The topological polar surface area (TPSA) is 97.1 Å². The van der Waals surface area contributed by atoms with Crippen LogP contribution in [-0.4, -0.2) is 51.9 Å². The van der Waals surface area contributed by atoms with Crippen LogP contribution in [0.5, 0.6) is 0 Å². The third-order valence-electron chi connectivity index (χ3n) is 7.45. The summed E-state index contributed by atoms with van der Waals surface area (Å²) in [4.78, 5) is 38.6. The molecule has 41 heavy (non-hydrogen) atoms. The number of carbonyl (C=O) groups excluding carboxylic acids is 2. The Morgan fingerprint density at radius 1 is 1.10 bits per heavy atom. The van der Waals surface area contributed by atoms with Crippen molar-refractivity contribution >= 4 is 40.9 Å². The maximum atomic E-state index is 14.9. The summed E-state index contributed by atoms with van der Waals surface area (Å²) in [5.74, 6) is -2.38. The summed E-state index contributed by atoms with van der Waals surface area (Å²) < 4.78 is 36.8. The highest BCUT2D eigenvalue weighted by molar-refractivity contribution is 6.34. The maximum absolute atomic E-state index is 14.9. The molecule has 9 nitrogen and oxygen atoms in total. The first kappa shape index (κ1) is 29.1. The number of hydrogen-bond acceptors (Lipinski definition) is 6. The van der Waals surface area contributed by atoms with Crippen molar-refractivity contribution in [2.24, 2.45) is 5.18 Å². The number of piperidine rings is 1. The fraction of sp³-hybridized carbons (Fsp3) is 0.393. The predicted octanol–water partition coefficient (Wildman–Crippen LogP) is 6.79. The molecule has 1 aromatic heterocycles. The van der Waals surface area contributed by atoms with Gasteiger partial charge in [-0.1, -0.05) is 23.2 Å². The van der Waals surface area contributed by atoms with Crippen molar-refractivity contribution in [1.82, 2.24) is 14.7 Å². The fourth-order valence-corrected chi connectivity index (χ4v) is 5.54. The molecule has 0 atom stereocenters. The van der Waals surface area contributed by atoms with E-state index in [0.717, 1.165) is 17.7 Å². The number of carbonyl (C=O) groups is 2. The van der Waals surface area contributed by atoms with Crippen molar-refractivity contribution in [3.8, 4) is 11.3 Å². The highest BCUT2D eigenvalue weighted by Crippen LogP contribution is 2.38. The van der Waals surface area contributed by atoms with E-state index < -0.39 is 29.2 Å². The summed E-state index contributed by atoms with van der Waals surface area (Å²) in [5, 5.41) is 6.71. The first-order valence-electron chi connectivity index (χ1n) is 12.9. The maximum Gasteiger partial charge on any atom is 0.415 e. The van der Waals surface area contributed by atoms with Gasteiger partial charge in [-0.15, -0.1) is 4.91 Å². The molecule has 3 aromatic rings. The van der Waals surface area contributed by atoms with Crippen LogP contribution in [0, 0.1) is 16.5 Å². The molecule has 216 valence electrons. The van der Waals surface area contributed by atoms with E-state index in [9.17, 15) is 23.3 Å². The summed E-state index contributed by atoms with van der Waals surface area (Å²) in [6, 6.07) is 6.33. The number of anilines is 1. The molecule has 0 bridgehead atoms. The SMILES string of the molecule is CC(C)(C)n1cc(CN2CCC3(CC2)CN(c2ccc(C(=O)N=O)c(Cl)c2)C(=O)O3)c(-c2cc(F)c(Cl)cc2F)n1. The second-order valence-corrected chi connectivity index (χ2v) is 12.2. The molecule has 2 aliphatic rings. The van der Waals surface area contributed by atoms with Gasteiger partial charge >= 0.3 is 12.0 Å². The van der Waals surface area contributed by atoms with E-state index in [0.29, 0.717) is 43.9 Å². The van der Waals surface area contributed by atoms with Gasteiger partial charge in [0.1, 0.15) is 17.2 Å². The molecule has 0 radical (unpaired) electrons. The van der Waals surface area contributed by atoms with Crippen molar-refractivity contribution in [2.45, 2.75) is 51.3 Å². The van der Waals surface area contributed by atoms with Gasteiger partial charge in [0.2, 0.25) is 0 Å². The second kappa shape index (κ2) is 10.8. The summed E-state index contributed by atoms with van der Waals surface area (Å²) in [6.45, 7) is 7.78. The molecule has 2 fully saturated rings. The van der Waals surface area contributed by atoms with E-state index >= 15 is 0 Å². The number of rotatable bonds is 5. The first-order valence-corrected chi connectivity index (χ1v) is 13.7. The number of aromatic nitrogens is 2. The lowest BCUT2D eigenvalue weighted by atomic mass is 9.91. The smallest absolute Gasteiger partial charge is 0.415 e. The fourth-order valence-electron chi connectivity index (χ4n) is 5.14. The molecule has 0 N–H and O–H groups in total. The summed E-state index contributed by atoms with van der Waals surface area (Å²) in [7, 11) is 0. The Morgan fingerprint density at radius 3 is 2.44 bits per heavy atom. The molecular formula is C28H27Cl2F2N5O4. The van der Waals surface area contributed by atoms with Crippen molar-refractivity contribution in [2.75, 3.05) is 24.5 Å². The Morgan fingerprint density at radius 2 is 1.80 bits per heavy atom. The summed E-state index contributed by atoms with van der Waals surface area (Å²) >= 11 is 11.9. The zero-order valence-electron chi connectivity index (χ0n) is 22.6. The average Bonchev–Trinajstić information content (AvgIpc) is 3.48. The number of nitroso groups, excluding NO2 is 1. The lowest BCUT2D eigenvalue weighted by Crippen LogP contribution is -2.46. The standard InChI is InChI=1S/C28H27Cl2F2N5O4/c1-27(2,3)37-14-16(24(33-37)19-11-23(32)21(30)12-22(19)31)13-35-8-6-28(7-9-35)15-36(26(39)41-28)17-4-5-18(20(29)10-17)25(38)34-40/h4-5,10-12,14H,6-9,13,15H2,1-3H3. The van der Waals surface area contributed by atoms with E-state index in [1.54, 1.807) is 4.68 Å². The van der Waals surface area contributed by atoms with Gasteiger partial charge in [-0.05, 0) is 51.1 Å². The molecular weight excluding hydrogens is 579 g/mol. The Kier molecular flexibility index (Phi) is 7.65. The van der Waals surface area contributed by atoms with E-state index in [2.05, 4.69) is 15.2 Å². The molecule has 2 saturated heterocycles. The molecule has 2 amide bonds. The van der Waals surface area contributed by atoms with Gasteiger partial charge in [-0.25, -0.2) is 13.6 Å². The highest BCUT2D eigenvalue weighted by Gasteiger charge is 2.47. The molecule has 2 aromatic carbocycles. The number of hydrogen-bond donors (Lipinski definition) is 0. The average molecular weight is 606 g/mol. The predicted molar refractivity (Wildman–Crippen MR) is 150 cm³/mol. The van der Waals surface area contributed by atoms with Crippen LogP contribution in [-0.2, 0) is 16.8 Å². The number of ether oxygens (including phenoxy) is 1. The van der Waals surface area contributed by atoms with Crippen LogP contribution in [0.2, 0.25) is 10.0 Å². The van der Waals surface area contributed by atoms with Gasteiger partial charge < -0.3 is 4.74 Å². The van der Waals surface area contributed by atoms with Crippen LogP contribution in [0.4, 0.5) is 19.3 Å². The van der Waals surface area contributed by atoms with Crippen molar-refractivity contribution in [3.05, 3.63) is 74.2 Å². The number of benzene rings is 2. The van der Waals surface area contributed by atoms with E-state index in [4.69, 9.17) is 27.9 Å². The third-order valence-corrected chi connectivity index (χ3v) is 8.05. The van der Waals surface area contributed by atoms with E-state index in [-0.39, 0.29) is 33.3 Å². The number of nitrogens with zero attached hydrogens (tertiary/aromatic N) is 5. The summed E-state index contributed by atoms with van der Waals surface area (Å²) in [5.41, 5.74) is 0.401. The molecule has 0 aliphatic carbocycles. The van der Waals surface area contributed by atoms with Crippen LogP contribution in [0.3, 0.4) is 0 Å². The molecule has 13 heteroatoms. The lowest BCUT2D eigenvalue weighted by molar-refractivity contribution is -0.000948. The highest BCUT2D eigenvalue weighted by atomic mass is 35.5. The monoisotopic (exact) mass is 605 g/mol. The van der Waals surface area contributed by atoms with Crippen LogP contribution in [0.15, 0.2) is 41.7 Å². The minimum atomic E-state index is -0.991. The first-order chi connectivity index (χ1) is 19.3. The number of halogens is 4. The second-order valence-electron chi connectivity index (χ2n) is 11.3. The van der Waals surface area contributed by atoms with Crippen molar-refractivity contribution in [3.63, 3.8) is 0 Å². The number of likely N-dealkylation sites (tertiary alicyclic amines) is 1. The molecule has 0 saturated carbocycles. The molecule has 0 unspecified atom stereocenters. The van der Waals surface area contributed by atoms with Crippen LogP contribution >= 0.6 is 23.2 Å². The normalized spacial score (nSPS) is 17.2. The molecule has 1 spiro atoms. The summed E-state index contributed by atoms with van der Waals surface area (Å²) in [6.07, 6.45) is 2.40. The molecule has 3 heterocycles. The molecule has 2 aliphatic heterocycles. The van der Waals surface area contributed by atoms with Gasteiger partial charge in [0.05, 0.1) is 33.4 Å². The van der Waals surface area contributed by atoms with Crippen LogP contribution in [0.25, 0.3) is 11.3 Å². The Balaban J connectivity index is 1.32. The largest absolute Gasteiger partial charge is 0.441 e. The zero-order valence-corrected chi connectivity index (χ0v) is 24.1. The third kappa shape index (κ3) is 5.71. The van der Waals surface area contributed by atoms with Crippen molar-refractivity contribution in [1.29, 1.82) is 0 Å². The minimum Gasteiger partial charge on any atom is -0.441 e. The van der Waals surface area contributed by atoms with Crippen LogP contribution < -0.4 is 4.90 Å². The number of amides is 2. The van der Waals surface area contributed by atoms with Gasteiger partial charge in [-0.3, -0.25) is 19.3 Å². The van der Waals surface area contributed by atoms with Gasteiger partial charge in [-0.2, -0.15) is 5.10 Å². The molecule has 5 rings (SSSR count). The van der Waals surface area contributed by atoms with Gasteiger partial charge in [0.15, 0.2) is 0 Å². The van der Waals surface area contributed by atoms with Gasteiger partial charge in [0.25, 0.3) is 0 Å².